The minimum Gasteiger partial charge on any atom is -0.378 e. The van der Waals surface area contributed by atoms with Crippen LogP contribution in [0.5, 0.6) is 0 Å². The molecule has 1 aliphatic heterocycles. The second-order valence-electron chi connectivity index (χ2n) is 7.97. The number of imide groups is 1. The fraction of sp³-hybridized carbons (Fsp3) is 0.846. The van der Waals surface area contributed by atoms with Crippen molar-refractivity contribution in [2.45, 2.75) is 0 Å². The fourth-order valence-electron chi connectivity index (χ4n) is 2.94. The standard InChI is InChI=1S/C26H46BrNO12/c27-3-5-31-7-9-33-11-13-35-15-17-37-19-21-39-23-24-40-22-20-38-18-16-36-14-12-34-10-8-32-6-4-28-25(29)1-2-26(28)30/h1-2H,3-24H2. The molecule has 1 rings (SSSR count). The highest BCUT2D eigenvalue weighted by Crippen LogP contribution is 2.02. The van der Waals surface area contributed by atoms with E-state index in [9.17, 15) is 9.59 Å². The fourth-order valence-corrected chi connectivity index (χ4v) is 3.17. The van der Waals surface area contributed by atoms with Gasteiger partial charge in [0.15, 0.2) is 0 Å². The molecule has 0 atom stereocenters. The largest absolute Gasteiger partial charge is 0.378 e. The summed E-state index contributed by atoms with van der Waals surface area (Å²) in [5, 5.41) is 0.833. The van der Waals surface area contributed by atoms with Gasteiger partial charge in [-0.1, -0.05) is 15.9 Å². The molecule has 0 fully saturated rings. The molecule has 0 aromatic carbocycles. The number of carbonyl (C=O) groups excluding carboxylic acids is 2. The first-order valence-electron chi connectivity index (χ1n) is 13.6. The Hall–Kier alpha value is -1.04. The van der Waals surface area contributed by atoms with Crippen molar-refractivity contribution in [1.82, 2.24) is 4.90 Å². The lowest BCUT2D eigenvalue weighted by Gasteiger charge is -2.13. The lowest BCUT2D eigenvalue weighted by atomic mass is 10.5. The molecule has 0 saturated heterocycles. The predicted molar refractivity (Wildman–Crippen MR) is 148 cm³/mol. The van der Waals surface area contributed by atoms with E-state index in [4.69, 9.17) is 47.4 Å². The van der Waals surface area contributed by atoms with E-state index in [0.717, 1.165) is 10.2 Å². The SMILES string of the molecule is O=C1C=CC(=O)N1CCOCCOCCOCCOCCOCCOCCOCCOCCOCCOCCBr. The Morgan fingerprint density at radius 1 is 0.400 bits per heavy atom. The van der Waals surface area contributed by atoms with E-state index in [1.807, 2.05) is 0 Å². The molecule has 0 N–H and O–H groups in total. The van der Waals surface area contributed by atoms with Gasteiger partial charge in [0.05, 0.1) is 139 Å². The molecule has 0 aliphatic carbocycles. The molecule has 2 amide bonds. The molecular formula is C26H46BrNO12. The Balaban J connectivity index is 1.63. The minimum absolute atomic E-state index is 0.242. The molecule has 40 heavy (non-hydrogen) atoms. The van der Waals surface area contributed by atoms with E-state index in [2.05, 4.69) is 15.9 Å². The van der Waals surface area contributed by atoms with Crippen LogP contribution in [0.2, 0.25) is 0 Å². The van der Waals surface area contributed by atoms with Crippen LogP contribution in [0, 0.1) is 0 Å². The Bertz CT molecular complexity index is 610. The summed E-state index contributed by atoms with van der Waals surface area (Å²) in [7, 11) is 0. The summed E-state index contributed by atoms with van der Waals surface area (Å²) < 4.78 is 54.0. The van der Waals surface area contributed by atoms with Crippen LogP contribution in [0.4, 0.5) is 0 Å². The average Bonchev–Trinajstić information content (AvgIpc) is 3.28. The van der Waals surface area contributed by atoms with Gasteiger partial charge in [0.1, 0.15) is 0 Å². The zero-order chi connectivity index (χ0) is 28.8. The molecule has 0 aromatic rings. The summed E-state index contributed by atoms with van der Waals surface area (Å²) in [5.41, 5.74) is 0. The van der Waals surface area contributed by atoms with Gasteiger partial charge in [0, 0.05) is 17.5 Å². The first-order chi connectivity index (χ1) is 19.8. The third-order valence-corrected chi connectivity index (χ3v) is 5.25. The summed E-state index contributed by atoms with van der Waals surface area (Å²) >= 11 is 3.29. The van der Waals surface area contributed by atoms with E-state index < -0.39 is 0 Å². The minimum atomic E-state index is -0.305. The summed E-state index contributed by atoms with van der Waals surface area (Å²) in [5.74, 6) is -0.609. The highest BCUT2D eigenvalue weighted by molar-refractivity contribution is 9.09. The number of rotatable bonds is 32. The van der Waals surface area contributed by atoms with E-state index in [1.165, 1.54) is 12.2 Å². The van der Waals surface area contributed by atoms with Crippen LogP contribution >= 0.6 is 15.9 Å². The molecule has 14 heteroatoms. The summed E-state index contributed by atoms with van der Waals surface area (Å²) in [6.07, 6.45) is 2.51. The zero-order valence-corrected chi connectivity index (χ0v) is 25.0. The first kappa shape index (κ1) is 37.0. The Morgan fingerprint density at radius 3 is 0.875 bits per heavy atom. The third kappa shape index (κ3) is 23.6. The van der Waals surface area contributed by atoms with Crippen LogP contribution in [-0.4, -0.2) is 161 Å². The molecule has 234 valence electrons. The van der Waals surface area contributed by atoms with Gasteiger partial charge in [0.25, 0.3) is 11.8 Å². The Labute approximate surface area is 245 Å². The van der Waals surface area contributed by atoms with Gasteiger partial charge in [-0.2, -0.15) is 0 Å². The van der Waals surface area contributed by atoms with E-state index in [0.29, 0.717) is 126 Å². The van der Waals surface area contributed by atoms with Crippen molar-refractivity contribution < 1.29 is 57.0 Å². The van der Waals surface area contributed by atoms with Crippen LogP contribution < -0.4 is 0 Å². The summed E-state index contributed by atoms with van der Waals surface area (Å²) in [4.78, 5) is 23.9. The maximum atomic E-state index is 11.4. The number of hydrogen-bond donors (Lipinski definition) is 0. The second-order valence-corrected chi connectivity index (χ2v) is 8.77. The van der Waals surface area contributed by atoms with Gasteiger partial charge < -0.3 is 47.4 Å². The van der Waals surface area contributed by atoms with Gasteiger partial charge in [0.2, 0.25) is 0 Å². The number of ether oxygens (including phenoxy) is 10. The summed E-state index contributed by atoms with van der Waals surface area (Å²) in [6, 6.07) is 0. The molecule has 0 unspecified atom stereocenters. The van der Waals surface area contributed by atoms with Gasteiger partial charge >= 0.3 is 0 Å². The van der Waals surface area contributed by atoms with Crippen LogP contribution in [0.25, 0.3) is 0 Å². The Kier molecular flexibility index (Phi) is 27.2. The highest BCUT2D eigenvalue weighted by atomic mass is 79.9. The molecule has 0 aromatic heterocycles. The number of amides is 2. The van der Waals surface area contributed by atoms with Crippen molar-refractivity contribution in [2.24, 2.45) is 0 Å². The smallest absolute Gasteiger partial charge is 0.253 e. The van der Waals surface area contributed by atoms with Gasteiger partial charge in [-0.15, -0.1) is 0 Å². The van der Waals surface area contributed by atoms with E-state index >= 15 is 0 Å². The van der Waals surface area contributed by atoms with Gasteiger partial charge in [-0.3, -0.25) is 14.5 Å². The molecule has 13 nitrogen and oxygen atoms in total. The van der Waals surface area contributed by atoms with Gasteiger partial charge in [-0.05, 0) is 0 Å². The zero-order valence-electron chi connectivity index (χ0n) is 23.4. The van der Waals surface area contributed by atoms with Crippen molar-refractivity contribution in [1.29, 1.82) is 0 Å². The molecule has 1 heterocycles. The number of carbonyl (C=O) groups is 2. The van der Waals surface area contributed by atoms with Crippen LogP contribution in [-0.2, 0) is 57.0 Å². The predicted octanol–water partition coefficient (Wildman–Crippen LogP) is 0.472. The number of hydrogen-bond acceptors (Lipinski definition) is 12. The van der Waals surface area contributed by atoms with Crippen LogP contribution in [0.1, 0.15) is 0 Å². The highest BCUT2D eigenvalue weighted by Gasteiger charge is 2.22. The number of halogens is 1. The van der Waals surface area contributed by atoms with Gasteiger partial charge in [-0.25, -0.2) is 0 Å². The van der Waals surface area contributed by atoms with E-state index in [1.54, 1.807) is 0 Å². The topological polar surface area (TPSA) is 130 Å². The average molecular weight is 645 g/mol. The molecule has 0 bridgehead atoms. The monoisotopic (exact) mass is 643 g/mol. The number of nitrogens with zero attached hydrogens (tertiary/aromatic N) is 1. The second kappa shape index (κ2) is 29.5. The molecule has 0 saturated carbocycles. The maximum Gasteiger partial charge on any atom is 0.253 e. The summed E-state index contributed by atoms with van der Waals surface area (Å²) in [6.45, 7) is 10.1. The normalized spacial score (nSPS) is 13.3. The molecule has 0 radical (unpaired) electrons. The lowest BCUT2D eigenvalue weighted by Crippen LogP contribution is -2.33. The van der Waals surface area contributed by atoms with Crippen molar-refractivity contribution in [3.8, 4) is 0 Å². The molecule has 1 aliphatic rings. The van der Waals surface area contributed by atoms with Crippen molar-refractivity contribution >= 4 is 27.7 Å². The lowest BCUT2D eigenvalue weighted by molar-refractivity contribution is -0.137. The van der Waals surface area contributed by atoms with Crippen molar-refractivity contribution in [3.63, 3.8) is 0 Å². The van der Waals surface area contributed by atoms with Crippen LogP contribution in [0.3, 0.4) is 0 Å². The first-order valence-corrected chi connectivity index (χ1v) is 14.7. The maximum absolute atomic E-state index is 11.4. The molecular weight excluding hydrogens is 598 g/mol. The van der Waals surface area contributed by atoms with Crippen LogP contribution in [0.15, 0.2) is 12.2 Å². The van der Waals surface area contributed by atoms with Crippen molar-refractivity contribution in [2.75, 3.05) is 144 Å². The van der Waals surface area contributed by atoms with Crippen molar-refractivity contribution in [3.05, 3.63) is 12.2 Å². The quantitative estimate of drug-likeness (QED) is 0.0574. The number of alkyl halides is 1. The third-order valence-electron chi connectivity index (χ3n) is 4.93. The Morgan fingerprint density at radius 2 is 0.625 bits per heavy atom. The van der Waals surface area contributed by atoms with E-state index in [-0.39, 0.29) is 25.0 Å². The molecule has 0 spiro atoms.